The molecule has 1 heterocycles. The number of amides is 1. The van der Waals surface area contributed by atoms with Gasteiger partial charge in [-0.3, -0.25) is 4.79 Å². The fourth-order valence-corrected chi connectivity index (χ4v) is 2.75. The van der Waals surface area contributed by atoms with Gasteiger partial charge in [-0.15, -0.1) is 0 Å². The molecule has 0 aromatic heterocycles. The van der Waals surface area contributed by atoms with Crippen molar-refractivity contribution in [3.8, 4) is 17.2 Å². The summed E-state index contributed by atoms with van der Waals surface area (Å²) in [5, 5.41) is 6.26. The molecule has 2 N–H and O–H groups in total. The van der Waals surface area contributed by atoms with E-state index in [0.717, 1.165) is 19.4 Å². The quantitative estimate of drug-likeness (QED) is 0.828. The number of benzene rings is 1. The van der Waals surface area contributed by atoms with Crippen LogP contribution in [-0.2, 0) is 0 Å². The zero-order valence-corrected chi connectivity index (χ0v) is 13.9. The monoisotopic (exact) mass is 344 g/mol. The first-order chi connectivity index (χ1) is 11.4. The predicted molar refractivity (Wildman–Crippen MR) is 84.1 cm³/mol. The van der Waals surface area contributed by atoms with E-state index in [1.165, 1.54) is 26.4 Å². The van der Waals surface area contributed by atoms with Gasteiger partial charge in [-0.2, -0.15) is 8.78 Å². The molecule has 0 radical (unpaired) electrons. The van der Waals surface area contributed by atoms with Gasteiger partial charge in [0.2, 0.25) is 5.75 Å². The molecule has 1 aromatic rings. The largest absolute Gasteiger partial charge is 0.493 e. The number of carbonyl (C=O) groups is 1. The summed E-state index contributed by atoms with van der Waals surface area (Å²) in [7, 11) is 2.62. The number of hydrogen-bond acceptors (Lipinski definition) is 5. The van der Waals surface area contributed by atoms with Gasteiger partial charge in [-0.05, 0) is 38.4 Å². The molecule has 0 bridgehead atoms. The Morgan fingerprint density at radius 1 is 1.29 bits per heavy atom. The van der Waals surface area contributed by atoms with Crippen LogP contribution in [0.3, 0.4) is 0 Å². The van der Waals surface area contributed by atoms with Crippen molar-refractivity contribution in [1.82, 2.24) is 10.6 Å². The van der Waals surface area contributed by atoms with Gasteiger partial charge in [0.05, 0.1) is 14.2 Å². The average Bonchev–Trinajstić information content (AvgIpc) is 2.54. The second-order valence-electron chi connectivity index (χ2n) is 5.64. The number of piperidine rings is 1. The third-order valence-electron chi connectivity index (χ3n) is 3.89. The third-order valence-corrected chi connectivity index (χ3v) is 3.89. The lowest BCUT2D eigenvalue weighted by Gasteiger charge is -2.28. The molecule has 0 saturated carbocycles. The first-order valence-electron chi connectivity index (χ1n) is 7.69. The van der Waals surface area contributed by atoms with Crippen LogP contribution in [0, 0.1) is 0 Å². The predicted octanol–water partition coefficient (Wildman–Crippen LogP) is 2.18. The molecule has 1 amide bonds. The number of nitrogens with one attached hydrogen (secondary N) is 2. The van der Waals surface area contributed by atoms with Crippen LogP contribution in [0.5, 0.6) is 17.2 Å². The van der Waals surface area contributed by atoms with Gasteiger partial charge in [0, 0.05) is 17.6 Å². The molecule has 1 aromatic carbocycles. The molecule has 2 unspecified atom stereocenters. The van der Waals surface area contributed by atoms with E-state index in [9.17, 15) is 13.6 Å². The molecule has 1 aliphatic rings. The maximum absolute atomic E-state index is 12.5. The number of hydrogen-bond donors (Lipinski definition) is 2. The minimum atomic E-state index is -3.02. The first kappa shape index (κ1) is 18.3. The van der Waals surface area contributed by atoms with Gasteiger partial charge in [-0.1, -0.05) is 0 Å². The Morgan fingerprint density at radius 3 is 2.42 bits per heavy atom. The first-order valence-corrected chi connectivity index (χ1v) is 7.69. The van der Waals surface area contributed by atoms with Crippen LogP contribution in [0.2, 0.25) is 0 Å². The zero-order valence-electron chi connectivity index (χ0n) is 13.9. The highest BCUT2D eigenvalue weighted by atomic mass is 19.3. The minimum absolute atomic E-state index is 0.0125. The van der Waals surface area contributed by atoms with E-state index in [-0.39, 0.29) is 34.8 Å². The standard InChI is InChI=1S/C16H22F2N2O4/c1-9-6-11(4-5-19-9)20-15(21)10-7-12(22-2)14(24-16(17)18)13(8-10)23-3/h7-9,11,16,19H,4-6H2,1-3H3,(H,20,21). The number of rotatable bonds is 6. The number of halogens is 2. The van der Waals surface area contributed by atoms with Crippen LogP contribution in [0.15, 0.2) is 12.1 Å². The summed E-state index contributed by atoms with van der Waals surface area (Å²) in [6.45, 7) is -0.135. The zero-order chi connectivity index (χ0) is 17.7. The molecule has 2 rings (SSSR count). The van der Waals surface area contributed by atoms with E-state index in [4.69, 9.17) is 9.47 Å². The summed E-state index contributed by atoms with van der Waals surface area (Å²) in [4.78, 5) is 12.5. The number of alkyl halides is 2. The summed E-state index contributed by atoms with van der Waals surface area (Å²) in [5.74, 6) is -0.520. The Kier molecular flexibility index (Phi) is 6.19. The Morgan fingerprint density at radius 2 is 1.92 bits per heavy atom. The highest BCUT2D eigenvalue weighted by Gasteiger charge is 2.23. The van der Waals surface area contributed by atoms with Gasteiger partial charge in [0.1, 0.15) is 0 Å². The van der Waals surface area contributed by atoms with Crippen LogP contribution in [0.1, 0.15) is 30.1 Å². The highest BCUT2D eigenvalue weighted by molar-refractivity contribution is 5.95. The highest BCUT2D eigenvalue weighted by Crippen LogP contribution is 2.39. The Bertz CT molecular complexity index is 558. The Hall–Kier alpha value is -2.09. The molecule has 6 nitrogen and oxygen atoms in total. The molecule has 0 aliphatic carbocycles. The van der Waals surface area contributed by atoms with Crippen LogP contribution in [0.4, 0.5) is 8.78 Å². The summed E-state index contributed by atoms with van der Waals surface area (Å²) in [5.41, 5.74) is 0.261. The molecule has 2 atom stereocenters. The SMILES string of the molecule is COc1cc(C(=O)NC2CCNC(C)C2)cc(OC)c1OC(F)F. The van der Waals surface area contributed by atoms with Crippen molar-refractivity contribution >= 4 is 5.91 Å². The van der Waals surface area contributed by atoms with Gasteiger partial charge < -0.3 is 24.8 Å². The summed E-state index contributed by atoms with van der Waals surface area (Å²) in [6, 6.07) is 3.11. The van der Waals surface area contributed by atoms with Crippen molar-refractivity contribution in [2.75, 3.05) is 20.8 Å². The molecule has 1 aliphatic heterocycles. The van der Waals surface area contributed by atoms with Gasteiger partial charge in [0.25, 0.3) is 5.91 Å². The molecule has 134 valence electrons. The average molecular weight is 344 g/mol. The summed E-state index contributed by atoms with van der Waals surface area (Å²) >= 11 is 0. The molecule has 1 saturated heterocycles. The maximum atomic E-state index is 12.5. The normalized spacial score (nSPS) is 20.6. The lowest BCUT2D eigenvalue weighted by Crippen LogP contribution is -2.46. The summed E-state index contributed by atoms with van der Waals surface area (Å²) < 4.78 is 39.6. The Labute approximate surface area is 139 Å². The lowest BCUT2D eigenvalue weighted by molar-refractivity contribution is -0.0526. The second-order valence-corrected chi connectivity index (χ2v) is 5.64. The smallest absolute Gasteiger partial charge is 0.387 e. The van der Waals surface area contributed by atoms with E-state index in [2.05, 4.69) is 22.3 Å². The van der Waals surface area contributed by atoms with Crippen molar-refractivity contribution in [2.24, 2.45) is 0 Å². The number of methoxy groups -OCH3 is 2. The Balaban J connectivity index is 2.21. The minimum Gasteiger partial charge on any atom is -0.493 e. The van der Waals surface area contributed by atoms with E-state index in [1.807, 2.05) is 0 Å². The van der Waals surface area contributed by atoms with E-state index < -0.39 is 6.61 Å². The van der Waals surface area contributed by atoms with Crippen molar-refractivity contribution in [3.05, 3.63) is 17.7 Å². The second kappa shape index (κ2) is 8.14. The van der Waals surface area contributed by atoms with Crippen LogP contribution in [-0.4, -0.2) is 45.4 Å². The molecule has 8 heteroatoms. The van der Waals surface area contributed by atoms with Crippen molar-refractivity contribution < 1.29 is 27.8 Å². The van der Waals surface area contributed by atoms with Crippen LogP contribution in [0.25, 0.3) is 0 Å². The molecular weight excluding hydrogens is 322 g/mol. The van der Waals surface area contributed by atoms with E-state index in [1.54, 1.807) is 0 Å². The number of ether oxygens (including phenoxy) is 3. The van der Waals surface area contributed by atoms with Gasteiger partial charge in [-0.25, -0.2) is 0 Å². The van der Waals surface area contributed by atoms with Gasteiger partial charge >= 0.3 is 6.61 Å². The van der Waals surface area contributed by atoms with Crippen molar-refractivity contribution in [1.29, 1.82) is 0 Å². The fraction of sp³-hybridized carbons (Fsp3) is 0.562. The van der Waals surface area contributed by atoms with Crippen LogP contribution >= 0.6 is 0 Å². The number of carbonyl (C=O) groups excluding carboxylic acids is 1. The maximum Gasteiger partial charge on any atom is 0.387 e. The topological polar surface area (TPSA) is 68.8 Å². The molecule has 0 spiro atoms. The van der Waals surface area contributed by atoms with Crippen LogP contribution < -0.4 is 24.8 Å². The lowest BCUT2D eigenvalue weighted by atomic mass is 10.00. The third kappa shape index (κ3) is 4.47. The molecular formula is C16H22F2N2O4. The van der Waals surface area contributed by atoms with E-state index in [0.29, 0.717) is 6.04 Å². The van der Waals surface area contributed by atoms with Crippen molar-refractivity contribution in [3.63, 3.8) is 0 Å². The molecule has 1 fully saturated rings. The van der Waals surface area contributed by atoms with E-state index >= 15 is 0 Å². The van der Waals surface area contributed by atoms with Gasteiger partial charge in [0.15, 0.2) is 11.5 Å². The summed E-state index contributed by atoms with van der Waals surface area (Å²) in [6.07, 6.45) is 1.66. The van der Waals surface area contributed by atoms with Crippen molar-refractivity contribution in [2.45, 2.75) is 38.5 Å². The fourth-order valence-electron chi connectivity index (χ4n) is 2.75. The molecule has 24 heavy (non-hydrogen) atoms.